The van der Waals surface area contributed by atoms with E-state index in [0.29, 0.717) is 30.0 Å². The Kier molecular flexibility index (Phi) is 5.38. The van der Waals surface area contributed by atoms with Crippen LogP contribution in [0.15, 0.2) is 61.2 Å². The Hall–Kier alpha value is -3.48. The van der Waals surface area contributed by atoms with E-state index in [9.17, 15) is 9.59 Å². The predicted molar refractivity (Wildman–Crippen MR) is 95.9 cm³/mol. The number of hydrogen-bond acceptors (Lipinski definition) is 5. The van der Waals surface area contributed by atoms with E-state index < -0.39 is 5.97 Å². The molecule has 1 amide bonds. The monoisotopic (exact) mass is 350 g/mol. The minimum atomic E-state index is -0.416. The van der Waals surface area contributed by atoms with Gasteiger partial charge in [-0.15, -0.1) is 0 Å². The van der Waals surface area contributed by atoms with Crippen LogP contribution in [0, 0.1) is 0 Å². The largest absolute Gasteiger partial charge is 0.462 e. The van der Waals surface area contributed by atoms with Crippen LogP contribution in [-0.4, -0.2) is 33.2 Å². The number of aromatic nitrogens is 3. The molecule has 26 heavy (non-hydrogen) atoms. The molecule has 0 spiro atoms. The van der Waals surface area contributed by atoms with Gasteiger partial charge < -0.3 is 10.1 Å². The van der Waals surface area contributed by atoms with Crippen LogP contribution >= 0.6 is 0 Å². The second kappa shape index (κ2) is 8.06. The van der Waals surface area contributed by atoms with Gasteiger partial charge in [0.05, 0.1) is 18.7 Å². The molecule has 0 bridgehead atoms. The molecule has 7 nitrogen and oxygen atoms in total. The quantitative estimate of drug-likeness (QED) is 0.691. The number of rotatable bonds is 6. The van der Waals surface area contributed by atoms with Gasteiger partial charge in [0.2, 0.25) is 0 Å². The molecule has 0 aliphatic carbocycles. The summed E-state index contributed by atoms with van der Waals surface area (Å²) in [5, 5.41) is 6.84. The maximum absolute atomic E-state index is 12.4. The van der Waals surface area contributed by atoms with E-state index in [0.717, 1.165) is 5.56 Å². The lowest BCUT2D eigenvalue weighted by Gasteiger charge is -2.08. The summed E-state index contributed by atoms with van der Waals surface area (Å²) in [7, 11) is 0. The van der Waals surface area contributed by atoms with Crippen molar-refractivity contribution in [1.29, 1.82) is 0 Å². The normalized spacial score (nSPS) is 10.3. The van der Waals surface area contributed by atoms with Crippen LogP contribution in [0.4, 0.5) is 5.69 Å². The summed E-state index contributed by atoms with van der Waals surface area (Å²) in [6.45, 7) is 2.63. The van der Waals surface area contributed by atoms with Gasteiger partial charge >= 0.3 is 5.97 Å². The van der Waals surface area contributed by atoms with E-state index >= 15 is 0 Å². The lowest BCUT2D eigenvalue weighted by Crippen LogP contribution is -2.13. The Balaban J connectivity index is 1.66. The minimum Gasteiger partial charge on any atom is -0.462 e. The molecule has 0 radical (unpaired) electrons. The van der Waals surface area contributed by atoms with Gasteiger partial charge in [0.1, 0.15) is 12.7 Å². The number of nitrogens with one attached hydrogen (secondary N) is 1. The molecule has 1 N–H and O–H groups in total. The number of ether oxygens (including phenoxy) is 1. The molecule has 0 unspecified atom stereocenters. The van der Waals surface area contributed by atoms with E-state index in [1.165, 1.54) is 6.33 Å². The highest BCUT2D eigenvalue weighted by molar-refractivity contribution is 6.04. The van der Waals surface area contributed by atoms with E-state index in [4.69, 9.17) is 4.74 Å². The Morgan fingerprint density at radius 1 is 1.12 bits per heavy atom. The molecule has 0 saturated heterocycles. The van der Waals surface area contributed by atoms with Crippen LogP contribution in [0.2, 0.25) is 0 Å². The van der Waals surface area contributed by atoms with Gasteiger partial charge in [0.15, 0.2) is 0 Å². The highest BCUT2D eigenvalue weighted by Crippen LogP contribution is 2.14. The van der Waals surface area contributed by atoms with Crippen LogP contribution in [0.5, 0.6) is 0 Å². The number of nitrogens with zero attached hydrogens (tertiary/aromatic N) is 3. The van der Waals surface area contributed by atoms with Gasteiger partial charge in [-0.05, 0) is 42.8 Å². The molecule has 2 aromatic carbocycles. The third-order valence-electron chi connectivity index (χ3n) is 3.66. The Morgan fingerprint density at radius 2 is 1.92 bits per heavy atom. The fourth-order valence-corrected chi connectivity index (χ4v) is 2.40. The second-order valence-corrected chi connectivity index (χ2v) is 5.55. The number of benzene rings is 2. The third-order valence-corrected chi connectivity index (χ3v) is 3.66. The van der Waals surface area contributed by atoms with Crippen LogP contribution in [0.25, 0.3) is 0 Å². The van der Waals surface area contributed by atoms with Crippen LogP contribution < -0.4 is 5.32 Å². The summed E-state index contributed by atoms with van der Waals surface area (Å²) in [5.74, 6) is -0.667. The molecule has 1 heterocycles. The van der Waals surface area contributed by atoms with Gasteiger partial charge in [0.25, 0.3) is 5.91 Å². The van der Waals surface area contributed by atoms with Crippen LogP contribution in [0.1, 0.15) is 33.2 Å². The Bertz CT molecular complexity index is 889. The Labute approximate surface area is 150 Å². The van der Waals surface area contributed by atoms with E-state index in [1.54, 1.807) is 54.3 Å². The Morgan fingerprint density at radius 3 is 2.62 bits per heavy atom. The van der Waals surface area contributed by atoms with E-state index in [1.807, 2.05) is 12.1 Å². The molecule has 0 aliphatic rings. The average Bonchev–Trinajstić information content (AvgIpc) is 3.16. The van der Waals surface area contributed by atoms with Crippen molar-refractivity contribution in [1.82, 2.24) is 14.8 Å². The van der Waals surface area contributed by atoms with Crippen molar-refractivity contribution in [2.24, 2.45) is 0 Å². The zero-order chi connectivity index (χ0) is 18.4. The lowest BCUT2D eigenvalue weighted by atomic mass is 10.1. The van der Waals surface area contributed by atoms with Gasteiger partial charge in [-0.3, -0.25) is 4.79 Å². The van der Waals surface area contributed by atoms with Crippen molar-refractivity contribution in [3.05, 3.63) is 77.9 Å². The van der Waals surface area contributed by atoms with Crippen LogP contribution in [0.3, 0.4) is 0 Å². The molecule has 0 saturated carbocycles. The number of anilines is 1. The van der Waals surface area contributed by atoms with Gasteiger partial charge in [-0.1, -0.05) is 18.2 Å². The lowest BCUT2D eigenvalue weighted by molar-refractivity contribution is 0.0526. The molecule has 0 atom stereocenters. The molecule has 0 aliphatic heterocycles. The number of amides is 1. The summed E-state index contributed by atoms with van der Waals surface area (Å²) in [4.78, 5) is 28.1. The third kappa shape index (κ3) is 4.32. The van der Waals surface area contributed by atoms with Crippen LogP contribution in [-0.2, 0) is 11.3 Å². The SMILES string of the molecule is CCOC(=O)c1cccc(NC(=O)c2ccc(Cn3cncn3)cc2)c1. The molecule has 3 rings (SSSR count). The first-order valence-electron chi connectivity index (χ1n) is 8.15. The number of hydrogen-bond donors (Lipinski definition) is 1. The van der Waals surface area contributed by atoms with Gasteiger partial charge in [-0.2, -0.15) is 5.10 Å². The van der Waals surface area contributed by atoms with Crippen molar-refractivity contribution in [3.8, 4) is 0 Å². The average molecular weight is 350 g/mol. The minimum absolute atomic E-state index is 0.252. The fourth-order valence-electron chi connectivity index (χ4n) is 2.40. The maximum atomic E-state index is 12.4. The molecule has 0 fully saturated rings. The van der Waals surface area contributed by atoms with E-state index in [2.05, 4.69) is 15.4 Å². The molecular formula is C19H18N4O3. The highest BCUT2D eigenvalue weighted by Gasteiger charge is 2.10. The fraction of sp³-hybridized carbons (Fsp3) is 0.158. The molecule has 1 aromatic heterocycles. The summed E-state index contributed by atoms with van der Waals surface area (Å²) in [5.41, 5.74) is 2.46. The second-order valence-electron chi connectivity index (χ2n) is 5.55. The summed E-state index contributed by atoms with van der Waals surface area (Å²) >= 11 is 0. The zero-order valence-electron chi connectivity index (χ0n) is 14.3. The predicted octanol–water partition coefficient (Wildman–Crippen LogP) is 2.76. The summed E-state index contributed by atoms with van der Waals surface area (Å²) in [6.07, 6.45) is 3.11. The summed E-state index contributed by atoms with van der Waals surface area (Å²) in [6, 6.07) is 13.9. The molecular weight excluding hydrogens is 332 g/mol. The van der Waals surface area contributed by atoms with Crippen molar-refractivity contribution in [3.63, 3.8) is 0 Å². The maximum Gasteiger partial charge on any atom is 0.338 e. The standard InChI is InChI=1S/C19H18N4O3/c1-2-26-19(25)16-4-3-5-17(10-16)22-18(24)15-8-6-14(7-9-15)11-23-13-20-12-21-23/h3-10,12-13H,2,11H2,1H3,(H,22,24). The highest BCUT2D eigenvalue weighted by atomic mass is 16.5. The molecule has 3 aromatic rings. The number of esters is 1. The molecule has 132 valence electrons. The van der Waals surface area contributed by atoms with Gasteiger partial charge in [-0.25, -0.2) is 14.5 Å². The first-order valence-corrected chi connectivity index (χ1v) is 8.15. The summed E-state index contributed by atoms with van der Waals surface area (Å²) < 4.78 is 6.67. The van der Waals surface area contributed by atoms with Crippen molar-refractivity contribution >= 4 is 17.6 Å². The first-order chi connectivity index (χ1) is 12.7. The molecule has 7 heteroatoms. The zero-order valence-corrected chi connectivity index (χ0v) is 14.3. The number of carbonyl (C=O) groups excluding carboxylic acids is 2. The first kappa shape index (κ1) is 17.3. The van der Waals surface area contributed by atoms with Crippen molar-refractivity contribution in [2.75, 3.05) is 11.9 Å². The topological polar surface area (TPSA) is 86.1 Å². The van der Waals surface area contributed by atoms with Crippen molar-refractivity contribution < 1.29 is 14.3 Å². The van der Waals surface area contributed by atoms with E-state index in [-0.39, 0.29) is 5.91 Å². The van der Waals surface area contributed by atoms with Crippen molar-refractivity contribution in [2.45, 2.75) is 13.5 Å². The smallest absolute Gasteiger partial charge is 0.338 e. The number of carbonyl (C=O) groups is 2. The van der Waals surface area contributed by atoms with Gasteiger partial charge in [0, 0.05) is 11.3 Å².